The van der Waals surface area contributed by atoms with Crippen LogP contribution < -0.4 is 4.90 Å². The smallest absolute Gasteiger partial charge is 0.258 e. The lowest BCUT2D eigenvalue weighted by molar-refractivity contribution is 0.0993. The van der Waals surface area contributed by atoms with Crippen LogP contribution in [0.4, 0.5) is 5.69 Å². The lowest BCUT2D eigenvalue weighted by Crippen LogP contribution is -2.27. The molecular weight excluding hydrogens is 306 g/mol. The van der Waals surface area contributed by atoms with E-state index < -0.39 is 0 Å². The second-order valence-corrected chi connectivity index (χ2v) is 4.67. The van der Waals surface area contributed by atoms with E-state index in [1.165, 1.54) is 4.90 Å². The highest BCUT2D eigenvalue weighted by atomic mass is 79.9. The van der Waals surface area contributed by atoms with Crippen molar-refractivity contribution in [3.05, 3.63) is 58.3 Å². The summed E-state index contributed by atoms with van der Waals surface area (Å²) in [6, 6.07) is 12.3. The van der Waals surface area contributed by atoms with Gasteiger partial charge in [-0.25, -0.2) is 4.98 Å². The number of pyridine rings is 1. The van der Waals surface area contributed by atoms with Crippen LogP contribution in [0.2, 0.25) is 0 Å². The Balaban J connectivity index is 2.37. The van der Waals surface area contributed by atoms with E-state index in [4.69, 9.17) is 5.26 Å². The molecule has 0 fully saturated rings. The molecule has 94 valence electrons. The van der Waals surface area contributed by atoms with Gasteiger partial charge in [-0.1, -0.05) is 12.1 Å². The van der Waals surface area contributed by atoms with Gasteiger partial charge in [0.1, 0.15) is 10.7 Å². The maximum atomic E-state index is 12.3. The van der Waals surface area contributed by atoms with Crippen LogP contribution in [0.15, 0.2) is 47.2 Å². The van der Waals surface area contributed by atoms with Crippen LogP contribution in [0, 0.1) is 11.3 Å². The normalized spacial score (nSPS) is 9.74. The average Bonchev–Trinajstić information content (AvgIpc) is 2.45. The first-order chi connectivity index (χ1) is 9.13. The Morgan fingerprint density at radius 3 is 2.79 bits per heavy atom. The summed E-state index contributed by atoms with van der Waals surface area (Å²) in [5.74, 6) is -0.189. The highest BCUT2D eigenvalue weighted by Gasteiger charge is 2.16. The zero-order valence-electron chi connectivity index (χ0n) is 10.2. The Morgan fingerprint density at radius 2 is 2.11 bits per heavy atom. The van der Waals surface area contributed by atoms with Crippen LogP contribution in [-0.4, -0.2) is 17.9 Å². The number of aromatic nitrogens is 1. The maximum absolute atomic E-state index is 12.3. The Bertz CT molecular complexity index is 664. The Labute approximate surface area is 119 Å². The average molecular weight is 316 g/mol. The van der Waals surface area contributed by atoms with Crippen LogP contribution in [0.5, 0.6) is 0 Å². The quantitative estimate of drug-likeness (QED) is 0.800. The van der Waals surface area contributed by atoms with Crippen molar-refractivity contribution in [3.8, 4) is 6.07 Å². The summed E-state index contributed by atoms with van der Waals surface area (Å²) in [5.41, 5.74) is 1.56. The molecule has 0 aliphatic rings. The highest BCUT2D eigenvalue weighted by molar-refractivity contribution is 9.10. The zero-order valence-corrected chi connectivity index (χ0v) is 11.8. The van der Waals surface area contributed by atoms with E-state index in [2.05, 4.69) is 27.0 Å². The van der Waals surface area contributed by atoms with E-state index in [-0.39, 0.29) is 5.91 Å². The summed E-state index contributed by atoms with van der Waals surface area (Å²) in [7, 11) is 1.65. The highest BCUT2D eigenvalue weighted by Crippen LogP contribution is 2.20. The number of hydrogen-bond acceptors (Lipinski definition) is 3. The predicted octanol–water partition coefficient (Wildman–Crippen LogP) is 2.99. The summed E-state index contributed by atoms with van der Waals surface area (Å²) >= 11 is 3.23. The molecule has 1 aromatic heterocycles. The molecule has 1 amide bonds. The largest absolute Gasteiger partial charge is 0.310 e. The number of benzene rings is 1. The number of amides is 1. The minimum Gasteiger partial charge on any atom is -0.310 e. The summed E-state index contributed by atoms with van der Waals surface area (Å²) < 4.78 is 0.598. The van der Waals surface area contributed by atoms with Gasteiger partial charge < -0.3 is 4.90 Å². The first kappa shape index (κ1) is 13.2. The van der Waals surface area contributed by atoms with Crippen LogP contribution >= 0.6 is 15.9 Å². The molecule has 0 spiro atoms. The van der Waals surface area contributed by atoms with Crippen LogP contribution in [-0.2, 0) is 0 Å². The Hall–Kier alpha value is -2.19. The molecule has 0 N–H and O–H groups in total. The van der Waals surface area contributed by atoms with Gasteiger partial charge in [0.15, 0.2) is 0 Å². The van der Waals surface area contributed by atoms with Crippen LogP contribution in [0.25, 0.3) is 0 Å². The van der Waals surface area contributed by atoms with Crippen molar-refractivity contribution in [1.29, 1.82) is 5.26 Å². The van der Waals surface area contributed by atoms with Gasteiger partial charge >= 0.3 is 0 Å². The monoisotopic (exact) mass is 315 g/mol. The summed E-state index contributed by atoms with van der Waals surface area (Å²) in [6.07, 6.45) is 1.56. The molecule has 1 heterocycles. The molecule has 1 aromatic carbocycles. The number of halogens is 1. The second kappa shape index (κ2) is 5.63. The van der Waals surface area contributed by atoms with Crippen molar-refractivity contribution in [3.63, 3.8) is 0 Å². The van der Waals surface area contributed by atoms with Crippen LogP contribution in [0.1, 0.15) is 15.9 Å². The molecule has 4 nitrogen and oxygen atoms in total. The fraction of sp³-hybridized carbons (Fsp3) is 0.0714. The second-order valence-electron chi connectivity index (χ2n) is 3.86. The fourth-order valence-corrected chi connectivity index (χ4v) is 2.06. The van der Waals surface area contributed by atoms with Gasteiger partial charge in [0, 0.05) is 18.8 Å². The first-order valence-electron chi connectivity index (χ1n) is 5.52. The van der Waals surface area contributed by atoms with Crippen molar-refractivity contribution in [2.24, 2.45) is 0 Å². The molecule has 0 aliphatic carbocycles. The topological polar surface area (TPSA) is 57.0 Å². The molecular formula is C14H10BrN3O. The van der Waals surface area contributed by atoms with Gasteiger partial charge in [0.2, 0.25) is 0 Å². The van der Waals surface area contributed by atoms with E-state index in [9.17, 15) is 4.79 Å². The summed E-state index contributed by atoms with van der Waals surface area (Å²) in [4.78, 5) is 17.8. The van der Waals surface area contributed by atoms with Gasteiger partial charge in [0.05, 0.1) is 11.3 Å². The number of carbonyl (C=O) groups is 1. The Morgan fingerprint density at radius 1 is 1.37 bits per heavy atom. The molecule has 0 unspecified atom stereocenters. The van der Waals surface area contributed by atoms with Crippen molar-refractivity contribution < 1.29 is 4.79 Å². The summed E-state index contributed by atoms with van der Waals surface area (Å²) in [6.45, 7) is 0. The molecule has 0 saturated heterocycles. The number of nitriles is 1. The molecule has 2 aromatic rings. The molecule has 0 bridgehead atoms. The van der Waals surface area contributed by atoms with Gasteiger partial charge in [0.25, 0.3) is 5.91 Å². The van der Waals surface area contributed by atoms with Crippen molar-refractivity contribution >= 4 is 27.5 Å². The van der Waals surface area contributed by atoms with Crippen LogP contribution in [0.3, 0.4) is 0 Å². The fourth-order valence-electron chi connectivity index (χ4n) is 1.70. The van der Waals surface area contributed by atoms with Crippen molar-refractivity contribution in [1.82, 2.24) is 4.98 Å². The van der Waals surface area contributed by atoms with Crippen molar-refractivity contribution in [2.75, 3.05) is 11.9 Å². The number of para-hydroxylation sites is 1. The number of anilines is 1. The molecule has 0 atom stereocenters. The SMILES string of the molecule is CN(C(=O)c1ccnc(Br)c1)c1ccccc1C#N. The third-order valence-electron chi connectivity index (χ3n) is 2.66. The Kier molecular flexibility index (Phi) is 3.93. The van der Waals surface area contributed by atoms with Gasteiger partial charge in [-0.2, -0.15) is 5.26 Å². The van der Waals surface area contributed by atoms with E-state index in [1.54, 1.807) is 49.6 Å². The molecule has 19 heavy (non-hydrogen) atoms. The number of rotatable bonds is 2. The molecule has 0 radical (unpaired) electrons. The van der Waals surface area contributed by atoms with Gasteiger partial charge in [-0.3, -0.25) is 4.79 Å². The van der Waals surface area contributed by atoms with E-state index in [0.717, 1.165) is 0 Å². The third kappa shape index (κ3) is 2.80. The van der Waals surface area contributed by atoms with Crippen molar-refractivity contribution in [2.45, 2.75) is 0 Å². The van der Waals surface area contributed by atoms with Gasteiger partial charge in [-0.05, 0) is 40.2 Å². The molecule has 2 rings (SSSR count). The molecule has 0 saturated carbocycles. The standard InChI is InChI=1S/C14H10BrN3O/c1-18(12-5-3-2-4-11(12)9-16)14(19)10-6-7-17-13(15)8-10/h2-8H,1H3. The van der Waals surface area contributed by atoms with E-state index in [1.807, 2.05) is 0 Å². The minimum absolute atomic E-state index is 0.189. The number of hydrogen-bond donors (Lipinski definition) is 0. The third-order valence-corrected chi connectivity index (χ3v) is 3.10. The minimum atomic E-state index is -0.189. The first-order valence-corrected chi connectivity index (χ1v) is 6.31. The van der Waals surface area contributed by atoms with E-state index >= 15 is 0 Å². The lowest BCUT2D eigenvalue weighted by Gasteiger charge is -2.18. The lowest BCUT2D eigenvalue weighted by atomic mass is 10.1. The zero-order chi connectivity index (χ0) is 13.8. The summed E-state index contributed by atoms with van der Waals surface area (Å²) in [5, 5.41) is 9.06. The maximum Gasteiger partial charge on any atom is 0.258 e. The molecule has 0 aliphatic heterocycles. The van der Waals surface area contributed by atoms with E-state index in [0.29, 0.717) is 21.4 Å². The van der Waals surface area contributed by atoms with Gasteiger partial charge in [-0.15, -0.1) is 0 Å². The molecule has 5 heteroatoms. The predicted molar refractivity (Wildman–Crippen MR) is 75.8 cm³/mol. The number of carbonyl (C=O) groups excluding carboxylic acids is 1. The number of nitrogens with zero attached hydrogens (tertiary/aromatic N) is 3.